The molecule has 132 valence electrons. The molecule has 0 aliphatic heterocycles. The third-order valence-corrected chi connectivity index (χ3v) is 5.86. The summed E-state index contributed by atoms with van der Waals surface area (Å²) < 4.78 is 2.22. The van der Waals surface area contributed by atoms with Crippen molar-refractivity contribution in [2.75, 3.05) is 0 Å². The van der Waals surface area contributed by atoms with Crippen molar-refractivity contribution in [2.45, 2.75) is 44.9 Å². The summed E-state index contributed by atoms with van der Waals surface area (Å²) in [4.78, 5) is 0. The highest BCUT2D eigenvalue weighted by atomic mass is 14.9. The minimum Gasteiger partial charge on any atom is -0.201 e. The molecule has 4 rings (SSSR count). The topological polar surface area (TPSA) is 3.88 Å². The van der Waals surface area contributed by atoms with Gasteiger partial charge in [-0.1, -0.05) is 55.7 Å². The van der Waals surface area contributed by atoms with Crippen molar-refractivity contribution in [3.05, 3.63) is 78.0 Å². The Labute approximate surface area is 157 Å². The van der Waals surface area contributed by atoms with E-state index in [1.54, 1.807) is 5.56 Å². The number of nitrogens with zero attached hydrogens (tertiary/aromatic N) is 1. The third kappa shape index (κ3) is 3.31. The van der Waals surface area contributed by atoms with E-state index in [1.807, 2.05) is 0 Å². The average molecular weight is 343 g/mol. The molecule has 0 N–H and O–H groups in total. The molecule has 1 nitrogen and oxygen atoms in total. The quantitative estimate of drug-likeness (QED) is 0.499. The maximum absolute atomic E-state index is 2.47. The predicted molar refractivity (Wildman–Crippen MR) is 109 cm³/mol. The molecule has 0 atom stereocenters. The molecule has 1 fully saturated rings. The van der Waals surface area contributed by atoms with E-state index in [1.165, 1.54) is 60.1 Å². The van der Waals surface area contributed by atoms with Crippen LogP contribution in [0.2, 0.25) is 0 Å². The van der Waals surface area contributed by atoms with Crippen molar-refractivity contribution >= 4 is 0 Å². The zero-order valence-corrected chi connectivity index (χ0v) is 15.9. The first-order valence-corrected chi connectivity index (χ1v) is 9.89. The van der Waals surface area contributed by atoms with Gasteiger partial charge in [-0.2, -0.15) is 0 Å². The smallest absolute Gasteiger partial charge is 0.201 e. The molecule has 0 unspecified atom stereocenters. The van der Waals surface area contributed by atoms with Crippen molar-refractivity contribution in [2.24, 2.45) is 7.05 Å². The molecule has 1 aliphatic carbocycles. The fraction of sp³-hybridized carbons (Fsp3) is 0.320. The van der Waals surface area contributed by atoms with Gasteiger partial charge >= 0.3 is 0 Å². The van der Waals surface area contributed by atoms with Crippen molar-refractivity contribution < 1.29 is 4.57 Å². The standard InChI is InChI=1S/C25H28N/c1-19-17-23(20-11-5-3-6-12-20)24(21-13-7-4-8-14-21)18-22(19)25-15-9-10-16-26(25)2/h4,7-10,13-18,20H,3,5-6,11-12H2,1-2H3/q+1. The Kier molecular flexibility index (Phi) is 4.88. The first kappa shape index (κ1) is 17.0. The van der Waals surface area contributed by atoms with Crippen LogP contribution in [0.1, 0.15) is 49.1 Å². The molecule has 0 amide bonds. The van der Waals surface area contributed by atoms with Crippen LogP contribution < -0.4 is 4.57 Å². The fourth-order valence-corrected chi connectivity index (χ4v) is 4.43. The van der Waals surface area contributed by atoms with E-state index in [-0.39, 0.29) is 0 Å². The lowest BCUT2D eigenvalue weighted by Crippen LogP contribution is -2.30. The van der Waals surface area contributed by atoms with Gasteiger partial charge in [0.25, 0.3) is 0 Å². The third-order valence-electron chi connectivity index (χ3n) is 5.86. The number of aromatic nitrogens is 1. The Morgan fingerprint density at radius 2 is 1.54 bits per heavy atom. The van der Waals surface area contributed by atoms with Gasteiger partial charge in [-0.15, -0.1) is 0 Å². The molecule has 0 bridgehead atoms. The Morgan fingerprint density at radius 1 is 0.808 bits per heavy atom. The van der Waals surface area contributed by atoms with E-state index in [0.717, 1.165) is 0 Å². The zero-order valence-electron chi connectivity index (χ0n) is 15.9. The van der Waals surface area contributed by atoms with Crippen molar-refractivity contribution in [1.29, 1.82) is 0 Å². The summed E-state index contributed by atoms with van der Waals surface area (Å²) in [6.45, 7) is 2.27. The van der Waals surface area contributed by atoms with E-state index >= 15 is 0 Å². The lowest BCUT2D eigenvalue weighted by atomic mass is 9.79. The first-order valence-electron chi connectivity index (χ1n) is 9.89. The normalized spacial score (nSPS) is 15.2. The number of benzene rings is 2. The maximum atomic E-state index is 2.47. The lowest BCUT2D eigenvalue weighted by molar-refractivity contribution is -0.660. The minimum atomic E-state index is 0.705. The monoisotopic (exact) mass is 342 g/mol. The molecule has 0 radical (unpaired) electrons. The molecule has 1 heterocycles. The SMILES string of the molecule is Cc1cc(C2CCCCC2)c(-c2ccccc2)cc1-c1cccc[n+]1C. The molecule has 0 spiro atoms. The number of hydrogen-bond acceptors (Lipinski definition) is 0. The first-order chi connectivity index (χ1) is 12.7. The van der Waals surface area contributed by atoms with Crippen LogP contribution in [0.15, 0.2) is 66.9 Å². The second-order valence-electron chi connectivity index (χ2n) is 7.65. The summed E-state index contributed by atoms with van der Waals surface area (Å²) in [5, 5.41) is 0. The molecule has 1 aromatic heterocycles. The minimum absolute atomic E-state index is 0.705. The molecule has 1 heteroatoms. The fourth-order valence-electron chi connectivity index (χ4n) is 4.43. The van der Waals surface area contributed by atoms with Crippen LogP contribution >= 0.6 is 0 Å². The van der Waals surface area contributed by atoms with Crippen LogP contribution in [0.5, 0.6) is 0 Å². The van der Waals surface area contributed by atoms with Crippen LogP contribution in [-0.2, 0) is 7.05 Å². The van der Waals surface area contributed by atoms with Crippen LogP contribution in [-0.4, -0.2) is 0 Å². The molecule has 3 aromatic rings. The van der Waals surface area contributed by atoms with E-state index in [4.69, 9.17) is 0 Å². The average Bonchev–Trinajstić information content (AvgIpc) is 2.70. The number of hydrogen-bond donors (Lipinski definition) is 0. The highest BCUT2D eigenvalue weighted by molar-refractivity contribution is 5.76. The maximum Gasteiger partial charge on any atom is 0.212 e. The Morgan fingerprint density at radius 3 is 2.27 bits per heavy atom. The van der Waals surface area contributed by atoms with Crippen LogP contribution in [0.25, 0.3) is 22.4 Å². The Hall–Kier alpha value is -2.41. The molecular formula is C25H28N+. The van der Waals surface area contributed by atoms with E-state index in [9.17, 15) is 0 Å². The van der Waals surface area contributed by atoms with Crippen LogP contribution in [0, 0.1) is 6.92 Å². The molecule has 26 heavy (non-hydrogen) atoms. The van der Waals surface area contributed by atoms with Gasteiger partial charge in [0.2, 0.25) is 5.69 Å². The Bertz CT molecular complexity index is 889. The number of aryl methyl sites for hydroxylation is 2. The van der Waals surface area contributed by atoms with Gasteiger partial charge in [0, 0.05) is 17.7 Å². The molecule has 0 saturated heterocycles. The van der Waals surface area contributed by atoms with Gasteiger partial charge in [0.05, 0.1) is 0 Å². The summed E-state index contributed by atoms with van der Waals surface area (Å²) in [7, 11) is 2.13. The van der Waals surface area contributed by atoms with Gasteiger partial charge in [-0.25, -0.2) is 4.57 Å². The van der Waals surface area contributed by atoms with Gasteiger partial charge in [-0.3, -0.25) is 0 Å². The van der Waals surface area contributed by atoms with Crippen LogP contribution in [0.4, 0.5) is 0 Å². The highest BCUT2D eigenvalue weighted by Crippen LogP contribution is 2.40. The van der Waals surface area contributed by atoms with Gasteiger partial charge in [0.1, 0.15) is 7.05 Å². The summed E-state index contributed by atoms with van der Waals surface area (Å²) in [5.74, 6) is 0.705. The van der Waals surface area contributed by atoms with Gasteiger partial charge < -0.3 is 0 Å². The highest BCUT2D eigenvalue weighted by Gasteiger charge is 2.22. The Balaban J connectivity index is 1.90. The van der Waals surface area contributed by atoms with E-state index in [2.05, 4.69) is 85.4 Å². The van der Waals surface area contributed by atoms with E-state index < -0.39 is 0 Å². The summed E-state index contributed by atoms with van der Waals surface area (Å²) in [6, 6.07) is 22.3. The van der Waals surface area contributed by atoms with Gasteiger partial charge in [-0.05, 0) is 60.1 Å². The van der Waals surface area contributed by atoms with Crippen molar-refractivity contribution in [1.82, 2.24) is 0 Å². The molecule has 1 saturated carbocycles. The second kappa shape index (κ2) is 7.45. The van der Waals surface area contributed by atoms with Crippen molar-refractivity contribution in [3.63, 3.8) is 0 Å². The summed E-state index contributed by atoms with van der Waals surface area (Å²) in [5.41, 5.74) is 8.31. The lowest BCUT2D eigenvalue weighted by Gasteiger charge is -2.26. The van der Waals surface area contributed by atoms with E-state index in [0.29, 0.717) is 5.92 Å². The summed E-state index contributed by atoms with van der Waals surface area (Å²) in [6.07, 6.45) is 8.93. The molecule has 1 aliphatic rings. The number of rotatable bonds is 3. The predicted octanol–water partition coefficient (Wildman–Crippen LogP) is 6.20. The van der Waals surface area contributed by atoms with Crippen molar-refractivity contribution in [3.8, 4) is 22.4 Å². The number of pyridine rings is 1. The van der Waals surface area contributed by atoms with Gasteiger partial charge in [0.15, 0.2) is 6.20 Å². The largest absolute Gasteiger partial charge is 0.212 e. The molecular weight excluding hydrogens is 314 g/mol. The zero-order chi connectivity index (χ0) is 17.9. The van der Waals surface area contributed by atoms with Crippen LogP contribution in [0.3, 0.4) is 0 Å². The molecule has 2 aromatic carbocycles. The summed E-state index contributed by atoms with van der Waals surface area (Å²) >= 11 is 0. The second-order valence-corrected chi connectivity index (χ2v) is 7.65.